The quantitative estimate of drug-likeness (QED) is 0.371. The van der Waals surface area contributed by atoms with Crippen LogP contribution in [-0.4, -0.2) is 66.4 Å². The van der Waals surface area contributed by atoms with Crippen molar-refractivity contribution < 1.29 is 38.1 Å². The molecule has 12 nitrogen and oxygen atoms in total. The van der Waals surface area contributed by atoms with Crippen LogP contribution in [0.5, 0.6) is 0 Å². The number of benzene rings is 2. The van der Waals surface area contributed by atoms with Gasteiger partial charge in [0.25, 0.3) is 0 Å². The highest BCUT2D eigenvalue weighted by Crippen LogP contribution is 2.19. The van der Waals surface area contributed by atoms with Gasteiger partial charge in [-0.25, -0.2) is 24.1 Å². The fourth-order valence-electron chi connectivity index (χ4n) is 3.76. The number of hydrogen-bond donors (Lipinski definition) is 2. The topological polar surface area (TPSA) is 145 Å². The molecule has 1 aliphatic rings. The lowest BCUT2D eigenvalue weighted by molar-refractivity contribution is -0.143. The molecule has 0 aliphatic carbocycles. The van der Waals surface area contributed by atoms with Crippen LogP contribution in [0.15, 0.2) is 65.7 Å². The van der Waals surface area contributed by atoms with E-state index in [4.69, 9.17) is 18.9 Å². The van der Waals surface area contributed by atoms with Gasteiger partial charge in [-0.3, -0.25) is 10.3 Å². The molecular weight excluding hydrogens is 520 g/mol. The number of carbonyl (C=O) groups excluding carboxylic acids is 4. The second-order valence-electron chi connectivity index (χ2n) is 9.87. The molecule has 2 aromatic carbocycles. The van der Waals surface area contributed by atoms with E-state index < -0.39 is 41.9 Å². The lowest BCUT2D eigenvalue weighted by Crippen LogP contribution is -2.53. The largest absolute Gasteiger partial charge is 0.467 e. The Morgan fingerprint density at radius 3 is 2.05 bits per heavy atom. The molecule has 0 bridgehead atoms. The first-order valence-corrected chi connectivity index (χ1v) is 12.6. The number of carbonyl (C=O) groups is 4. The molecule has 2 aromatic rings. The minimum atomic E-state index is -1.17. The zero-order chi connectivity index (χ0) is 29.1. The summed E-state index contributed by atoms with van der Waals surface area (Å²) in [6, 6.07) is 16.2. The molecule has 1 aliphatic heterocycles. The van der Waals surface area contributed by atoms with Crippen LogP contribution in [0.3, 0.4) is 0 Å². The number of amides is 3. The van der Waals surface area contributed by atoms with Crippen molar-refractivity contribution in [3.63, 3.8) is 0 Å². The van der Waals surface area contributed by atoms with Crippen LogP contribution in [0.2, 0.25) is 0 Å². The molecule has 0 spiro atoms. The fourth-order valence-corrected chi connectivity index (χ4v) is 3.76. The molecule has 2 N–H and O–H groups in total. The van der Waals surface area contributed by atoms with Crippen molar-refractivity contribution in [2.75, 3.05) is 13.7 Å². The van der Waals surface area contributed by atoms with E-state index in [2.05, 4.69) is 15.6 Å². The lowest BCUT2D eigenvalue weighted by Gasteiger charge is -2.28. The van der Waals surface area contributed by atoms with E-state index in [0.717, 1.165) is 16.0 Å². The average Bonchev–Trinajstić information content (AvgIpc) is 3.31. The van der Waals surface area contributed by atoms with Gasteiger partial charge in [0.1, 0.15) is 24.9 Å². The minimum absolute atomic E-state index is 0.00601. The molecule has 0 saturated heterocycles. The van der Waals surface area contributed by atoms with Gasteiger partial charge < -0.3 is 24.3 Å². The molecule has 0 unspecified atom stereocenters. The molecule has 0 fully saturated rings. The van der Waals surface area contributed by atoms with E-state index in [-0.39, 0.29) is 32.1 Å². The maximum absolute atomic E-state index is 13.2. The third-order valence-corrected chi connectivity index (χ3v) is 5.56. The first-order chi connectivity index (χ1) is 19.1. The molecule has 0 aromatic heterocycles. The SMILES string of the molecule is COC(=O)[C@H](C[C@H]1CN=C(NC(=O)OCc2ccccc2)N1C(=O)OCc1ccccc1)NC(=O)OC(C)(C)C. The number of nitrogens with zero attached hydrogens (tertiary/aromatic N) is 2. The Hall–Kier alpha value is -4.61. The molecule has 40 heavy (non-hydrogen) atoms. The van der Waals surface area contributed by atoms with Crippen molar-refractivity contribution in [2.24, 2.45) is 4.99 Å². The standard InChI is InChI=1S/C28H34N4O8/c1-28(2,3)40-26(35)30-22(23(33)37-4)15-21-16-29-24(31-25(34)38-17-19-11-7-5-8-12-19)32(21)27(36)39-18-20-13-9-6-10-14-20/h5-14,21-22H,15-18H2,1-4H3,(H,30,35)(H,29,31,34)/t21-,22-/m0/s1. The van der Waals surface area contributed by atoms with Gasteiger partial charge in [0.2, 0.25) is 5.96 Å². The van der Waals surface area contributed by atoms with E-state index >= 15 is 0 Å². The number of methoxy groups -OCH3 is 1. The lowest BCUT2D eigenvalue weighted by atomic mass is 10.1. The van der Waals surface area contributed by atoms with Crippen molar-refractivity contribution in [1.82, 2.24) is 15.5 Å². The number of rotatable bonds is 8. The van der Waals surface area contributed by atoms with Gasteiger partial charge >= 0.3 is 24.2 Å². The summed E-state index contributed by atoms with van der Waals surface area (Å²) in [6.07, 6.45) is -2.57. The van der Waals surface area contributed by atoms with E-state index in [1.165, 1.54) is 7.11 Å². The summed E-state index contributed by atoms with van der Waals surface area (Å²) in [4.78, 5) is 56.1. The first kappa shape index (κ1) is 29.9. The highest BCUT2D eigenvalue weighted by atomic mass is 16.6. The summed E-state index contributed by atoms with van der Waals surface area (Å²) >= 11 is 0. The normalized spacial score (nSPS) is 15.3. The van der Waals surface area contributed by atoms with Gasteiger partial charge in [-0.05, 0) is 31.9 Å². The van der Waals surface area contributed by atoms with E-state index in [9.17, 15) is 19.2 Å². The number of nitrogens with one attached hydrogen (secondary N) is 2. The van der Waals surface area contributed by atoms with E-state index in [0.29, 0.717) is 0 Å². The second kappa shape index (κ2) is 14.0. The van der Waals surface area contributed by atoms with Crippen molar-refractivity contribution in [3.8, 4) is 0 Å². The van der Waals surface area contributed by atoms with Crippen molar-refractivity contribution in [3.05, 3.63) is 71.8 Å². The van der Waals surface area contributed by atoms with Crippen molar-refractivity contribution in [2.45, 2.75) is 58.1 Å². The Morgan fingerprint density at radius 1 is 0.925 bits per heavy atom. The number of alkyl carbamates (subject to hydrolysis) is 2. The first-order valence-electron chi connectivity index (χ1n) is 12.6. The summed E-state index contributed by atoms with van der Waals surface area (Å²) < 4.78 is 20.9. The van der Waals surface area contributed by atoms with Gasteiger partial charge in [-0.1, -0.05) is 60.7 Å². The number of hydrogen-bond acceptors (Lipinski definition) is 9. The monoisotopic (exact) mass is 554 g/mol. The Morgan fingerprint density at radius 2 is 1.50 bits per heavy atom. The fraction of sp³-hybridized carbons (Fsp3) is 0.393. The zero-order valence-corrected chi connectivity index (χ0v) is 22.9. The van der Waals surface area contributed by atoms with Crippen molar-refractivity contribution in [1.29, 1.82) is 0 Å². The molecule has 3 amide bonds. The van der Waals surface area contributed by atoms with Gasteiger partial charge in [0.05, 0.1) is 19.7 Å². The third kappa shape index (κ3) is 9.29. The highest BCUT2D eigenvalue weighted by molar-refractivity contribution is 6.02. The number of esters is 1. The maximum Gasteiger partial charge on any atom is 0.417 e. The minimum Gasteiger partial charge on any atom is -0.467 e. The molecule has 0 radical (unpaired) electrons. The van der Waals surface area contributed by atoms with Crippen LogP contribution >= 0.6 is 0 Å². The van der Waals surface area contributed by atoms with Crippen molar-refractivity contribution >= 4 is 30.2 Å². The third-order valence-electron chi connectivity index (χ3n) is 5.56. The molecule has 0 saturated carbocycles. The summed E-state index contributed by atoms with van der Waals surface area (Å²) in [7, 11) is 1.18. The average molecular weight is 555 g/mol. The van der Waals surface area contributed by atoms with Crippen LogP contribution < -0.4 is 10.6 Å². The van der Waals surface area contributed by atoms with Crippen LogP contribution in [0.25, 0.3) is 0 Å². The van der Waals surface area contributed by atoms with E-state index in [1.807, 2.05) is 36.4 Å². The predicted octanol–water partition coefficient (Wildman–Crippen LogP) is 3.75. The Labute approximate surface area is 232 Å². The summed E-state index contributed by atoms with van der Waals surface area (Å²) in [5.74, 6) is -0.853. The number of ether oxygens (including phenoxy) is 4. The molecule has 1 heterocycles. The summed E-state index contributed by atoms with van der Waals surface area (Å²) in [6.45, 7) is 5.03. The van der Waals surface area contributed by atoms with Crippen LogP contribution in [0.4, 0.5) is 14.4 Å². The smallest absolute Gasteiger partial charge is 0.417 e. The Kier molecular flexibility index (Phi) is 10.5. The maximum atomic E-state index is 13.2. The van der Waals surface area contributed by atoms with Gasteiger partial charge in [0, 0.05) is 6.42 Å². The number of guanidine groups is 1. The molecule has 12 heteroatoms. The predicted molar refractivity (Wildman–Crippen MR) is 144 cm³/mol. The Bertz CT molecular complexity index is 1200. The Balaban J connectivity index is 1.73. The number of aliphatic imine (C=N–C) groups is 1. The second-order valence-corrected chi connectivity index (χ2v) is 9.87. The zero-order valence-electron chi connectivity index (χ0n) is 22.9. The molecule has 214 valence electrons. The molecule has 2 atom stereocenters. The summed E-state index contributed by atoms with van der Waals surface area (Å²) in [5, 5.41) is 4.97. The van der Waals surface area contributed by atoms with E-state index in [1.54, 1.807) is 45.0 Å². The van der Waals surface area contributed by atoms with Gasteiger partial charge in [-0.2, -0.15) is 0 Å². The van der Waals surface area contributed by atoms with Gasteiger partial charge in [-0.15, -0.1) is 0 Å². The summed E-state index contributed by atoms with van der Waals surface area (Å²) in [5.41, 5.74) is 0.725. The van der Waals surface area contributed by atoms with Gasteiger partial charge in [0.15, 0.2) is 0 Å². The van der Waals surface area contributed by atoms with Crippen LogP contribution in [-0.2, 0) is 37.0 Å². The van der Waals surface area contributed by atoms with Crippen LogP contribution in [0, 0.1) is 0 Å². The molecular formula is C28H34N4O8. The molecule has 3 rings (SSSR count). The van der Waals surface area contributed by atoms with Crippen LogP contribution in [0.1, 0.15) is 38.3 Å². The highest BCUT2D eigenvalue weighted by Gasteiger charge is 2.39.